The van der Waals surface area contributed by atoms with Gasteiger partial charge in [0.05, 0.1) is 5.75 Å². The third kappa shape index (κ3) is 3.42. The molecular weight excluding hydrogens is 278 g/mol. The smallest absolute Gasteiger partial charge is 0.253 e. The average molecular weight is 294 g/mol. The van der Waals surface area contributed by atoms with Crippen LogP contribution in [0.4, 0.5) is 11.9 Å². The molecule has 0 aliphatic heterocycles. The summed E-state index contributed by atoms with van der Waals surface area (Å²) in [4.78, 5) is 15.2. The number of alkyl halides is 1. The van der Waals surface area contributed by atoms with Crippen LogP contribution in [0.25, 0.3) is 0 Å². The number of sulfone groups is 1. The van der Waals surface area contributed by atoms with Crippen LogP contribution in [-0.4, -0.2) is 63.2 Å². The molecule has 1 heterocycles. The summed E-state index contributed by atoms with van der Waals surface area (Å²) < 4.78 is 23.8. The fourth-order valence-electron chi connectivity index (χ4n) is 1.07. The van der Waals surface area contributed by atoms with Gasteiger partial charge in [0.1, 0.15) is 0 Å². The van der Waals surface area contributed by atoms with Gasteiger partial charge in [0.15, 0.2) is 0 Å². The molecule has 1 rings (SSSR count). The number of nitrogens with zero attached hydrogens (tertiary/aromatic N) is 5. The molecule has 0 bridgehead atoms. The van der Waals surface area contributed by atoms with Gasteiger partial charge < -0.3 is 9.80 Å². The van der Waals surface area contributed by atoms with Crippen LogP contribution in [0.3, 0.4) is 0 Å². The van der Waals surface area contributed by atoms with Gasteiger partial charge in [-0.05, 0) is 0 Å². The van der Waals surface area contributed by atoms with Gasteiger partial charge >= 0.3 is 0 Å². The highest BCUT2D eigenvalue weighted by Crippen LogP contribution is 2.14. The maximum absolute atomic E-state index is 11.9. The quantitative estimate of drug-likeness (QED) is 0.708. The van der Waals surface area contributed by atoms with Gasteiger partial charge in [0, 0.05) is 34.1 Å². The summed E-state index contributed by atoms with van der Waals surface area (Å²) in [7, 11) is 3.35. The second-order valence-corrected chi connectivity index (χ2v) is 6.40. The molecule has 0 aliphatic rings. The Labute approximate surface area is 112 Å². The second kappa shape index (κ2) is 5.66. The number of halogens is 1. The SMILES string of the molecule is CN(C)c1nc(N(C)C)nc(S(=O)(=O)CCCl)n1. The van der Waals surface area contributed by atoms with E-state index in [4.69, 9.17) is 11.6 Å². The molecule has 0 spiro atoms. The predicted octanol–water partition coefficient (Wildman–Crippen LogP) is 0.0161. The van der Waals surface area contributed by atoms with Crippen LogP contribution in [0.1, 0.15) is 0 Å². The predicted molar refractivity (Wildman–Crippen MR) is 71.3 cm³/mol. The molecule has 1 aromatic heterocycles. The maximum atomic E-state index is 11.9. The third-order valence-electron chi connectivity index (χ3n) is 2.02. The summed E-state index contributed by atoms with van der Waals surface area (Å²) in [5.41, 5.74) is 0. The van der Waals surface area contributed by atoms with Gasteiger partial charge in [0.2, 0.25) is 21.7 Å². The van der Waals surface area contributed by atoms with Crippen molar-refractivity contribution < 1.29 is 8.42 Å². The summed E-state index contributed by atoms with van der Waals surface area (Å²) in [5, 5.41) is -0.245. The minimum Gasteiger partial charge on any atom is -0.347 e. The molecule has 0 aliphatic carbocycles. The molecule has 102 valence electrons. The monoisotopic (exact) mass is 293 g/mol. The molecule has 0 aromatic carbocycles. The highest BCUT2D eigenvalue weighted by atomic mass is 35.5. The van der Waals surface area contributed by atoms with Crippen LogP contribution in [-0.2, 0) is 9.84 Å². The summed E-state index contributed by atoms with van der Waals surface area (Å²) in [5.74, 6) is 0.393. The van der Waals surface area contributed by atoms with E-state index in [1.807, 2.05) is 0 Å². The molecule has 0 N–H and O–H groups in total. The minimum atomic E-state index is -3.57. The number of hydrogen-bond acceptors (Lipinski definition) is 7. The summed E-state index contributed by atoms with van der Waals surface area (Å²) in [6, 6.07) is 0. The third-order valence-corrected chi connectivity index (χ3v) is 3.91. The van der Waals surface area contributed by atoms with Gasteiger partial charge in [0.25, 0.3) is 5.16 Å². The van der Waals surface area contributed by atoms with Gasteiger partial charge in [-0.15, -0.1) is 11.6 Å². The van der Waals surface area contributed by atoms with Crippen molar-refractivity contribution in [3.05, 3.63) is 0 Å². The largest absolute Gasteiger partial charge is 0.347 e. The van der Waals surface area contributed by atoms with Crippen LogP contribution >= 0.6 is 11.6 Å². The highest BCUT2D eigenvalue weighted by Gasteiger charge is 2.21. The molecule has 7 nitrogen and oxygen atoms in total. The molecular formula is C9H16ClN5O2S. The molecule has 0 saturated heterocycles. The summed E-state index contributed by atoms with van der Waals surface area (Å²) >= 11 is 5.47. The van der Waals surface area contributed by atoms with Crippen LogP contribution in [0, 0.1) is 0 Å². The Morgan fingerprint density at radius 1 is 1.00 bits per heavy atom. The van der Waals surface area contributed by atoms with Crippen molar-refractivity contribution in [2.75, 3.05) is 49.6 Å². The van der Waals surface area contributed by atoms with Crippen molar-refractivity contribution in [2.45, 2.75) is 5.16 Å². The normalized spacial score (nSPS) is 11.4. The lowest BCUT2D eigenvalue weighted by atomic mass is 10.7. The standard InChI is InChI=1S/C9H16ClN5O2S/c1-14(2)7-11-8(15(3)4)13-9(12-7)18(16,17)6-5-10/h5-6H2,1-4H3. The van der Waals surface area contributed by atoms with Gasteiger partial charge in [-0.2, -0.15) is 15.0 Å². The van der Waals surface area contributed by atoms with E-state index in [0.29, 0.717) is 11.9 Å². The van der Waals surface area contributed by atoms with Crippen molar-refractivity contribution in [2.24, 2.45) is 0 Å². The molecule has 1 aromatic rings. The van der Waals surface area contributed by atoms with E-state index in [9.17, 15) is 8.42 Å². The molecule has 18 heavy (non-hydrogen) atoms. The Balaban J connectivity index is 3.36. The maximum Gasteiger partial charge on any atom is 0.253 e. The van der Waals surface area contributed by atoms with Gasteiger partial charge in [-0.1, -0.05) is 0 Å². The van der Waals surface area contributed by atoms with Gasteiger partial charge in [-0.25, -0.2) is 8.42 Å². The van der Waals surface area contributed by atoms with E-state index in [-0.39, 0.29) is 16.8 Å². The first-order valence-electron chi connectivity index (χ1n) is 5.17. The first-order valence-corrected chi connectivity index (χ1v) is 7.36. The van der Waals surface area contributed by atoms with Gasteiger partial charge in [-0.3, -0.25) is 0 Å². The Morgan fingerprint density at radius 3 is 1.78 bits per heavy atom. The van der Waals surface area contributed by atoms with Crippen molar-refractivity contribution in [3.63, 3.8) is 0 Å². The topological polar surface area (TPSA) is 79.3 Å². The van der Waals surface area contributed by atoms with Crippen molar-refractivity contribution >= 4 is 33.3 Å². The summed E-state index contributed by atoms with van der Waals surface area (Å²) in [6.07, 6.45) is 0. The molecule has 0 saturated carbocycles. The van der Waals surface area contributed by atoms with Crippen molar-refractivity contribution in [1.82, 2.24) is 15.0 Å². The lowest BCUT2D eigenvalue weighted by Gasteiger charge is -2.15. The zero-order valence-corrected chi connectivity index (χ0v) is 12.3. The Morgan fingerprint density at radius 2 is 1.44 bits per heavy atom. The molecule has 0 unspecified atom stereocenters. The fourth-order valence-corrected chi connectivity index (χ4v) is 2.50. The Kier molecular flexibility index (Phi) is 4.69. The van der Waals surface area contributed by atoms with E-state index in [0.717, 1.165) is 0 Å². The Hall–Kier alpha value is -1.15. The van der Waals surface area contributed by atoms with E-state index in [2.05, 4.69) is 15.0 Å². The second-order valence-electron chi connectivity index (χ2n) is 4.01. The molecule has 0 atom stereocenters. The van der Waals surface area contributed by atoms with E-state index < -0.39 is 9.84 Å². The number of aromatic nitrogens is 3. The number of hydrogen-bond donors (Lipinski definition) is 0. The van der Waals surface area contributed by atoms with Crippen LogP contribution in [0.5, 0.6) is 0 Å². The lowest BCUT2D eigenvalue weighted by molar-refractivity contribution is 0.587. The number of anilines is 2. The first kappa shape index (κ1) is 14.9. The van der Waals surface area contributed by atoms with E-state index in [1.54, 1.807) is 38.0 Å². The van der Waals surface area contributed by atoms with E-state index >= 15 is 0 Å². The van der Waals surface area contributed by atoms with Crippen molar-refractivity contribution in [1.29, 1.82) is 0 Å². The average Bonchev–Trinajstić information content (AvgIpc) is 2.28. The molecule has 0 amide bonds. The van der Waals surface area contributed by atoms with Crippen LogP contribution in [0.15, 0.2) is 5.16 Å². The first-order chi connectivity index (χ1) is 8.27. The van der Waals surface area contributed by atoms with Crippen LogP contribution in [0.2, 0.25) is 0 Å². The van der Waals surface area contributed by atoms with Crippen molar-refractivity contribution in [3.8, 4) is 0 Å². The minimum absolute atomic E-state index is 0.00259. The molecule has 0 radical (unpaired) electrons. The molecule has 9 heteroatoms. The lowest BCUT2D eigenvalue weighted by Crippen LogP contribution is -2.22. The highest BCUT2D eigenvalue weighted by molar-refractivity contribution is 7.91. The zero-order valence-electron chi connectivity index (χ0n) is 10.8. The summed E-state index contributed by atoms with van der Waals surface area (Å²) in [6.45, 7) is 0. The number of rotatable bonds is 5. The zero-order chi connectivity index (χ0) is 13.9. The molecule has 0 fully saturated rings. The van der Waals surface area contributed by atoms with Crippen LogP contribution < -0.4 is 9.80 Å². The fraction of sp³-hybridized carbons (Fsp3) is 0.667. The van der Waals surface area contributed by atoms with E-state index in [1.165, 1.54) is 0 Å². The Bertz CT molecular complexity index is 491.